The average Bonchev–Trinajstić information content (AvgIpc) is 3.32. The molecular formula is C21H27FN6O3. The van der Waals surface area contributed by atoms with E-state index >= 15 is 0 Å². The maximum Gasteiger partial charge on any atom is 0.414 e. The minimum Gasteiger partial charge on any atom is -0.442 e. The number of anilines is 2. The lowest BCUT2D eigenvalue weighted by atomic mass is 10.1. The van der Waals surface area contributed by atoms with Crippen molar-refractivity contribution in [3.05, 3.63) is 35.9 Å². The van der Waals surface area contributed by atoms with Crippen molar-refractivity contribution in [2.45, 2.75) is 33.4 Å². The van der Waals surface area contributed by atoms with Crippen molar-refractivity contribution < 1.29 is 18.7 Å². The number of rotatable bonds is 5. The summed E-state index contributed by atoms with van der Waals surface area (Å²) in [5.74, 6) is -0.317. The van der Waals surface area contributed by atoms with Gasteiger partial charge in [-0.2, -0.15) is 0 Å². The zero-order valence-electron chi connectivity index (χ0n) is 18.0. The van der Waals surface area contributed by atoms with Crippen LogP contribution in [0.2, 0.25) is 0 Å². The molecule has 0 unspecified atom stereocenters. The average molecular weight is 430 g/mol. The predicted octanol–water partition coefficient (Wildman–Crippen LogP) is 2.06. The molecule has 166 valence electrons. The Morgan fingerprint density at radius 1 is 1.26 bits per heavy atom. The second-order valence-corrected chi connectivity index (χ2v) is 8.30. The molecule has 0 N–H and O–H groups in total. The van der Waals surface area contributed by atoms with Crippen LogP contribution in [0.3, 0.4) is 0 Å². The van der Waals surface area contributed by atoms with E-state index in [-0.39, 0.29) is 17.9 Å². The zero-order chi connectivity index (χ0) is 22.1. The van der Waals surface area contributed by atoms with Crippen LogP contribution < -0.4 is 9.80 Å². The summed E-state index contributed by atoms with van der Waals surface area (Å²) in [5.41, 5.74) is 1.72. The Labute approximate surface area is 180 Å². The molecule has 0 spiro atoms. The molecule has 4 rings (SSSR count). The van der Waals surface area contributed by atoms with Crippen LogP contribution in [0.25, 0.3) is 0 Å². The van der Waals surface area contributed by atoms with Gasteiger partial charge in [-0.1, -0.05) is 19.1 Å². The highest BCUT2D eigenvalue weighted by atomic mass is 19.1. The van der Waals surface area contributed by atoms with Gasteiger partial charge in [0.05, 0.1) is 30.2 Å². The molecule has 1 aromatic carbocycles. The molecule has 3 heterocycles. The minimum atomic E-state index is -0.505. The first-order chi connectivity index (χ1) is 14.8. The number of benzene rings is 1. The number of piperazine rings is 1. The van der Waals surface area contributed by atoms with E-state index in [1.807, 2.05) is 30.6 Å². The highest BCUT2D eigenvalue weighted by molar-refractivity contribution is 5.90. The van der Waals surface area contributed by atoms with Crippen LogP contribution >= 0.6 is 0 Å². The number of carbonyl (C=O) groups excluding carboxylic acids is 2. The van der Waals surface area contributed by atoms with Gasteiger partial charge in [-0.15, -0.1) is 5.10 Å². The first kappa shape index (κ1) is 21.1. The summed E-state index contributed by atoms with van der Waals surface area (Å²) in [6.07, 6.45) is 0.886. The number of hydrogen-bond donors (Lipinski definition) is 0. The normalized spacial score (nSPS) is 19.3. The van der Waals surface area contributed by atoms with Gasteiger partial charge >= 0.3 is 6.09 Å². The van der Waals surface area contributed by atoms with Gasteiger partial charge < -0.3 is 14.5 Å². The third-order valence-corrected chi connectivity index (χ3v) is 5.59. The smallest absolute Gasteiger partial charge is 0.414 e. The van der Waals surface area contributed by atoms with Gasteiger partial charge in [0.1, 0.15) is 11.9 Å². The second-order valence-electron chi connectivity index (χ2n) is 8.30. The number of ether oxygens (including phenoxy) is 1. The number of nitrogens with zero attached hydrogens (tertiary/aromatic N) is 6. The largest absolute Gasteiger partial charge is 0.442 e. The van der Waals surface area contributed by atoms with E-state index < -0.39 is 11.9 Å². The topological polar surface area (TPSA) is 83.8 Å². The Morgan fingerprint density at radius 2 is 2.00 bits per heavy atom. The first-order valence-corrected chi connectivity index (χ1v) is 10.5. The maximum absolute atomic E-state index is 14.9. The van der Waals surface area contributed by atoms with Gasteiger partial charge in [0.15, 0.2) is 0 Å². The van der Waals surface area contributed by atoms with Crippen molar-refractivity contribution >= 4 is 23.4 Å². The third kappa shape index (κ3) is 4.47. The minimum absolute atomic E-state index is 0.0415. The Bertz CT molecular complexity index is 970. The molecule has 0 aliphatic carbocycles. The van der Waals surface area contributed by atoms with E-state index in [2.05, 4.69) is 10.3 Å². The summed E-state index contributed by atoms with van der Waals surface area (Å²) in [6.45, 7) is 8.58. The fourth-order valence-electron chi connectivity index (χ4n) is 3.97. The van der Waals surface area contributed by atoms with Crippen LogP contribution in [-0.2, 0) is 16.1 Å². The van der Waals surface area contributed by atoms with Gasteiger partial charge in [-0.25, -0.2) is 13.9 Å². The fourth-order valence-corrected chi connectivity index (χ4v) is 3.97. The molecular weight excluding hydrogens is 403 g/mol. The predicted molar refractivity (Wildman–Crippen MR) is 112 cm³/mol. The van der Waals surface area contributed by atoms with Crippen LogP contribution in [0.1, 0.15) is 19.5 Å². The summed E-state index contributed by atoms with van der Waals surface area (Å²) >= 11 is 0. The van der Waals surface area contributed by atoms with Gasteiger partial charge in [0.25, 0.3) is 0 Å². The molecule has 2 aliphatic rings. The van der Waals surface area contributed by atoms with Gasteiger partial charge in [-0.3, -0.25) is 9.69 Å². The van der Waals surface area contributed by atoms with E-state index in [1.54, 1.807) is 23.0 Å². The van der Waals surface area contributed by atoms with Crippen molar-refractivity contribution in [3.63, 3.8) is 0 Å². The molecule has 9 nitrogen and oxygen atoms in total. The van der Waals surface area contributed by atoms with Crippen LogP contribution in [0, 0.1) is 18.7 Å². The molecule has 2 saturated heterocycles. The number of halogens is 1. The Kier molecular flexibility index (Phi) is 5.79. The Hall–Kier alpha value is -3.17. The summed E-state index contributed by atoms with van der Waals surface area (Å²) in [6, 6.07) is 4.78. The molecule has 2 aromatic rings. The molecule has 31 heavy (non-hydrogen) atoms. The number of hydrogen-bond acceptors (Lipinski definition) is 6. The number of carbonyl (C=O) groups is 2. The Balaban J connectivity index is 1.40. The molecule has 2 fully saturated rings. The second kappa shape index (κ2) is 8.52. The summed E-state index contributed by atoms with van der Waals surface area (Å²) < 4.78 is 22.0. The highest BCUT2D eigenvalue weighted by Crippen LogP contribution is 2.29. The molecule has 10 heteroatoms. The van der Waals surface area contributed by atoms with E-state index in [0.29, 0.717) is 50.6 Å². The van der Waals surface area contributed by atoms with E-state index in [1.165, 1.54) is 11.0 Å². The number of amides is 2. The SMILES string of the molecule is Cc1cn(C[C@H]2CN(c3ccc(N4CCN(C(=O)C(C)C)CC4)c(F)c3)C(=O)O2)nn1. The van der Waals surface area contributed by atoms with E-state index in [9.17, 15) is 14.0 Å². The van der Waals surface area contributed by atoms with E-state index in [0.717, 1.165) is 5.69 Å². The monoisotopic (exact) mass is 430 g/mol. The van der Waals surface area contributed by atoms with Crippen LogP contribution in [-0.4, -0.2) is 70.7 Å². The molecule has 0 saturated carbocycles. The molecule has 2 amide bonds. The molecule has 2 aliphatic heterocycles. The lowest BCUT2D eigenvalue weighted by molar-refractivity contribution is -0.134. The van der Waals surface area contributed by atoms with Crippen LogP contribution in [0.15, 0.2) is 24.4 Å². The lowest BCUT2D eigenvalue weighted by Gasteiger charge is -2.37. The van der Waals surface area contributed by atoms with Crippen molar-refractivity contribution in [3.8, 4) is 0 Å². The zero-order valence-corrected chi connectivity index (χ0v) is 18.0. The molecule has 0 radical (unpaired) electrons. The molecule has 0 bridgehead atoms. The van der Waals surface area contributed by atoms with Gasteiger partial charge in [0.2, 0.25) is 5.91 Å². The number of cyclic esters (lactones) is 1. The quantitative estimate of drug-likeness (QED) is 0.722. The lowest BCUT2D eigenvalue weighted by Crippen LogP contribution is -2.50. The van der Waals surface area contributed by atoms with E-state index in [4.69, 9.17) is 4.74 Å². The summed E-state index contributed by atoms with van der Waals surface area (Å²) in [4.78, 5) is 29.7. The highest BCUT2D eigenvalue weighted by Gasteiger charge is 2.33. The molecule has 1 aromatic heterocycles. The third-order valence-electron chi connectivity index (χ3n) is 5.59. The standard InChI is InChI=1S/C21H27FN6O3/c1-14(2)20(29)26-8-6-25(7-9-26)19-5-4-16(10-18(19)22)28-13-17(31-21(28)30)12-27-11-15(3)23-24-27/h4-5,10-11,14,17H,6-9,12-13H2,1-3H3/t17-/m0/s1. The first-order valence-electron chi connectivity index (χ1n) is 10.5. The van der Waals surface area contributed by atoms with Crippen molar-refractivity contribution in [2.75, 3.05) is 42.5 Å². The van der Waals surface area contributed by atoms with Crippen molar-refractivity contribution in [1.82, 2.24) is 19.9 Å². The maximum atomic E-state index is 14.9. The van der Waals surface area contributed by atoms with Crippen LogP contribution in [0.5, 0.6) is 0 Å². The molecule has 1 atom stereocenters. The van der Waals surface area contributed by atoms with Crippen LogP contribution in [0.4, 0.5) is 20.6 Å². The number of aryl methyl sites for hydroxylation is 1. The summed E-state index contributed by atoms with van der Waals surface area (Å²) in [5, 5.41) is 7.90. The van der Waals surface area contributed by atoms with Crippen molar-refractivity contribution in [1.29, 1.82) is 0 Å². The number of aromatic nitrogens is 3. The van der Waals surface area contributed by atoms with Gasteiger partial charge in [-0.05, 0) is 25.1 Å². The summed E-state index contributed by atoms with van der Waals surface area (Å²) in [7, 11) is 0. The Morgan fingerprint density at radius 3 is 2.61 bits per heavy atom. The van der Waals surface area contributed by atoms with Gasteiger partial charge in [0, 0.05) is 38.3 Å². The van der Waals surface area contributed by atoms with Crippen molar-refractivity contribution in [2.24, 2.45) is 5.92 Å². The fraction of sp³-hybridized carbons (Fsp3) is 0.524.